The monoisotopic (exact) mass is 523 g/mol. The number of carbonyl (C=O) groups is 2. The summed E-state index contributed by atoms with van der Waals surface area (Å²) >= 11 is 0. The van der Waals surface area contributed by atoms with E-state index in [0.29, 0.717) is 34.6 Å². The molecule has 3 heterocycles. The molecule has 200 valence electrons. The van der Waals surface area contributed by atoms with Gasteiger partial charge in [-0.05, 0) is 63.8 Å². The molecule has 3 atom stereocenters. The second-order valence-electron chi connectivity index (χ2n) is 10.0. The molecule has 0 radical (unpaired) electrons. The SMILES string of the molecule is CC(C)(O)[C@H](F)CNC(=O)c1cnc(-c2ccc3cc(C#N)cnn23)cc1N[C@H]1CCC[C@@H](NC(=O)O)C1. The summed E-state index contributed by atoms with van der Waals surface area (Å²) in [5.41, 5.74) is 1.30. The van der Waals surface area contributed by atoms with Crippen LogP contribution in [-0.2, 0) is 0 Å². The molecule has 4 rings (SSSR count). The van der Waals surface area contributed by atoms with Gasteiger partial charge in [0, 0.05) is 18.3 Å². The molecule has 3 aromatic heterocycles. The number of carboxylic acid groups (broad SMARTS) is 1. The topological polar surface area (TPSA) is 165 Å². The first-order chi connectivity index (χ1) is 18.0. The maximum Gasteiger partial charge on any atom is 0.404 e. The third-order valence-electron chi connectivity index (χ3n) is 6.61. The lowest BCUT2D eigenvalue weighted by molar-refractivity contribution is -0.00177. The number of fused-ring (bicyclic) bond motifs is 1. The Balaban J connectivity index is 1.65. The van der Waals surface area contributed by atoms with Crippen LogP contribution in [0.3, 0.4) is 0 Å². The van der Waals surface area contributed by atoms with Crippen LogP contribution in [0, 0.1) is 11.3 Å². The Morgan fingerprint density at radius 3 is 2.74 bits per heavy atom. The van der Waals surface area contributed by atoms with E-state index < -0.39 is 23.8 Å². The van der Waals surface area contributed by atoms with Crippen molar-refractivity contribution in [2.24, 2.45) is 0 Å². The minimum absolute atomic E-state index is 0.118. The Labute approximate surface area is 218 Å². The van der Waals surface area contributed by atoms with Crippen molar-refractivity contribution in [1.82, 2.24) is 25.2 Å². The van der Waals surface area contributed by atoms with Gasteiger partial charge in [-0.3, -0.25) is 9.78 Å². The number of alkyl halides is 1. The van der Waals surface area contributed by atoms with Crippen molar-refractivity contribution < 1.29 is 24.2 Å². The standard InChI is InChI=1S/C26H30FN7O4/c1-26(2,38)23(27)14-30-24(35)19-13-29-21(22-7-6-18-8-15(11-28)12-31-34(18)22)10-20(19)32-16-4-3-5-17(9-16)33-25(36)37/h6-8,10,12-13,16-17,23,33,38H,3-5,9,14H2,1-2H3,(H,29,32)(H,30,35)(H,36,37)/t16-,17+,23+/m0/s1. The summed E-state index contributed by atoms with van der Waals surface area (Å²) in [7, 11) is 0. The zero-order valence-corrected chi connectivity index (χ0v) is 21.1. The number of hydrogen-bond donors (Lipinski definition) is 5. The van der Waals surface area contributed by atoms with Crippen molar-refractivity contribution in [3.63, 3.8) is 0 Å². The number of amides is 2. The summed E-state index contributed by atoms with van der Waals surface area (Å²) in [4.78, 5) is 28.6. The van der Waals surface area contributed by atoms with Gasteiger partial charge >= 0.3 is 6.09 Å². The Hall–Kier alpha value is -4.24. The van der Waals surface area contributed by atoms with Crippen LogP contribution < -0.4 is 16.0 Å². The molecular formula is C26H30FN7O4. The fourth-order valence-corrected chi connectivity index (χ4v) is 4.52. The number of carbonyl (C=O) groups excluding carboxylic acids is 1. The molecule has 1 saturated carbocycles. The fraction of sp³-hybridized carbons (Fsp3) is 0.423. The van der Waals surface area contributed by atoms with Crippen molar-refractivity contribution in [2.75, 3.05) is 11.9 Å². The van der Waals surface area contributed by atoms with E-state index in [2.05, 4.69) is 32.1 Å². The summed E-state index contributed by atoms with van der Waals surface area (Å²) in [6.45, 7) is 2.27. The van der Waals surface area contributed by atoms with Gasteiger partial charge in [-0.2, -0.15) is 10.4 Å². The largest absolute Gasteiger partial charge is 0.465 e. The van der Waals surface area contributed by atoms with Crippen molar-refractivity contribution in [1.29, 1.82) is 5.26 Å². The van der Waals surface area contributed by atoms with Crippen LogP contribution in [0.2, 0.25) is 0 Å². The quantitative estimate of drug-likeness (QED) is 0.300. The van der Waals surface area contributed by atoms with E-state index in [1.165, 1.54) is 26.2 Å². The highest BCUT2D eigenvalue weighted by Crippen LogP contribution is 2.29. The van der Waals surface area contributed by atoms with Gasteiger partial charge in [-0.25, -0.2) is 13.7 Å². The number of hydrogen-bond acceptors (Lipinski definition) is 7. The Kier molecular flexibility index (Phi) is 7.78. The van der Waals surface area contributed by atoms with Crippen molar-refractivity contribution >= 4 is 23.2 Å². The molecule has 0 bridgehead atoms. The number of aliphatic hydroxyl groups is 1. The predicted molar refractivity (Wildman–Crippen MR) is 137 cm³/mol. The molecule has 0 aromatic carbocycles. The summed E-state index contributed by atoms with van der Waals surface area (Å²) in [5, 5.41) is 40.9. The molecule has 12 heteroatoms. The van der Waals surface area contributed by atoms with Gasteiger partial charge < -0.3 is 26.2 Å². The number of rotatable bonds is 8. The zero-order chi connectivity index (χ0) is 27.4. The van der Waals surface area contributed by atoms with E-state index in [0.717, 1.165) is 19.3 Å². The molecule has 0 spiro atoms. The molecule has 1 fully saturated rings. The third kappa shape index (κ3) is 6.18. The summed E-state index contributed by atoms with van der Waals surface area (Å²) in [5.74, 6) is -0.564. The number of pyridine rings is 1. The van der Waals surface area contributed by atoms with Crippen LogP contribution in [0.4, 0.5) is 14.9 Å². The lowest BCUT2D eigenvalue weighted by Gasteiger charge is -2.31. The highest BCUT2D eigenvalue weighted by atomic mass is 19.1. The van der Waals surface area contributed by atoms with Crippen LogP contribution in [0.5, 0.6) is 0 Å². The first-order valence-electron chi connectivity index (χ1n) is 12.3. The number of aromatic nitrogens is 3. The van der Waals surface area contributed by atoms with E-state index in [1.54, 1.807) is 28.8 Å². The van der Waals surface area contributed by atoms with Crippen LogP contribution in [0.1, 0.15) is 55.5 Å². The van der Waals surface area contributed by atoms with Gasteiger partial charge in [-0.1, -0.05) is 0 Å². The number of nitrogens with one attached hydrogen (secondary N) is 3. The molecule has 1 aliphatic rings. The van der Waals surface area contributed by atoms with Crippen molar-refractivity contribution in [2.45, 2.75) is 63.4 Å². The van der Waals surface area contributed by atoms with E-state index >= 15 is 0 Å². The fourth-order valence-electron chi connectivity index (χ4n) is 4.52. The Morgan fingerprint density at radius 1 is 1.26 bits per heavy atom. The van der Waals surface area contributed by atoms with Gasteiger partial charge in [0.05, 0.1) is 52.1 Å². The van der Waals surface area contributed by atoms with Gasteiger partial charge in [0.2, 0.25) is 0 Å². The molecule has 38 heavy (non-hydrogen) atoms. The van der Waals surface area contributed by atoms with Crippen LogP contribution in [0.15, 0.2) is 36.7 Å². The highest BCUT2D eigenvalue weighted by Gasteiger charge is 2.28. The van der Waals surface area contributed by atoms with Crippen molar-refractivity contribution in [3.8, 4) is 17.5 Å². The third-order valence-corrected chi connectivity index (χ3v) is 6.61. The maximum absolute atomic E-state index is 14.3. The lowest BCUT2D eigenvalue weighted by atomic mass is 9.90. The second kappa shape index (κ2) is 11.0. The van der Waals surface area contributed by atoms with E-state index in [1.807, 2.05) is 0 Å². The average Bonchev–Trinajstić information content (AvgIpc) is 3.29. The van der Waals surface area contributed by atoms with E-state index in [-0.39, 0.29) is 24.2 Å². The van der Waals surface area contributed by atoms with Crippen LogP contribution in [0.25, 0.3) is 16.9 Å². The number of nitriles is 1. The van der Waals surface area contributed by atoms with Gasteiger partial charge in [0.15, 0.2) is 0 Å². The second-order valence-corrected chi connectivity index (χ2v) is 10.0. The Bertz CT molecular complexity index is 1380. The first-order valence-corrected chi connectivity index (χ1v) is 12.3. The number of nitrogens with zero attached hydrogens (tertiary/aromatic N) is 4. The molecule has 5 N–H and O–H groups in total. The molecule has 11 nitrogen and oxygen atoms in total. The zero-order valence-electron chi connectivity index (χ0n) is 21.1. The summed E-state index contributed by atoms with van der Waals surface area (Å²) in [6, 6.07) is 8.73. The number of anilines is 1. The summed E-state index contributed by atoms with van der Waals surface area (Å²) < 4.78 is 15.9. The van der Waals surface area contributed by atoms with Gasteiger partial charge in [0.1, 0.15) is 12.2 Å². The maximum atomic E-state index is 14.3. The molecule has 0 aliphatic heterocycles. The smallest absolute Gasteiger partial charge is 0.404 e. The number of halogens is 1. The summed E-state index contributed by atoms with van der Waals surface area (Å²) in [6.07, 6.45) is 2.91. The molecule has 0 unspecified atom stereocenters. The molecular weight excluding hydrogens is 493 g/mol. The predicted octanol–water partition coefficient (Wildman–Crippen LogP) is 3.10. The minimum atomic E-state index is -1.67. The van der Waals surface area contributed by atoms with Crippen LogP contribution in [-0.4, -0.2) is 67.2 Å². The van der Waals surface area contributed by atoms with Gasteiger partial charge in [0.25, 0.3) is 5.91 Å². The lowest BCUT2D eigenvalue weighted by Crippen LogP contribution is -2.42. The highest BCUT2D eigenvalue weighted by molar-refractivity contribution is 6.00. The molecule has 2 amide bonds. The van der Waals surface area contributed by atoms with E-state index in [4.69, 9.17) is 10.4 Å². The normalized spacial score (nSPS) is 18.4. The van der Waals surface area contributed by atoms with Crippen LogP contribution >= 0.6 is 0 Å². The molecule has 1 aliphatic carbocycles. The Morgan fingerprint density at radius 2 is 2.03 bits per heavy atom. The first kappa shape index (κ1) is 26.8. The van der Waals surface area contributed by atoms with E-state index in [9.17, 15) is 19.1 Å². The van der Waals surface area contributed by atoms with Gasteiger partial charge in [-0.15, -0.1) is 0 Å². The molecule has 0 saturated heterocycles. The molecule has 3 aromatic rings. The average molecular weight is 524 g/mol. The van der Waals surface area contributed by atoms with Crippen molar-refractivity contribution in [3.05, 3.63) is 47.8 Å². The minimum Gasteiger partial charge on any atom is -0.465 e.